The molecule has 1 saturated carbocycles. The Labute approximate surface area is 221 Å². The van der Waals surface area contributed by atoms with Crippen LogP contribution in [0.25, 0.3) is 17.0 Å². The van der Waals surface area contributed by atoms with Crippen LogP contribution in [-0.4, -0.2) is 47.1 Å². The molecule has 2 fully saturated rings. The topological polar surface area (TPSA) is 102 Å². The molecule has 0 unspecified atom stereocenters. The lowest BCUT2D eigenvalue weighted by molar-refractivity contribution is -0.385. The summed E-state index contributed by atoms with van der Waals surface area (Å²) in [5.41, 5.74) is 1.84. The van der Waals surface area contributed by atoms with Crippen molar-refractivity contribution < 1.29 is 18.6 Å². The predicted octanol–water partition coefficient (Wildman–Crippen LogP) is 5.69. The number of rotatable bonds is 8. The lowest BCUT2D eigenvalue weighted by atomic mass is 9.78. The Balaban J connectivity index is 1.12. The van der Waals surface area contributed by atoms with Gasteiger partial charge in [0.1, 0.15) is 5.82 Å². The highest BCUT2D eigenvalue weighted by molar-refractivity contribution is 5.92. The van der Waals surface area contributed by atoms with Gasteiger partial charge in [-0.1, -0.05) is 30.1 Å². The fourth-order valence-corrected chi connectivity index (χ4v) is 5.99. The number of amides is 1. The predicted molar refractivity (Wildman–Crippen MR) is 143 cm³/mol. The molecule has 200 valence electrons. The van der Waals surface area contributed by atoms with Crippen LogP contribution in [0.2, 0.25) is 0 Å². The Hall–Kier alpha value is -3.59. The summed E-state index contributed by atoms with van der Waals surface area (Å²) >= 11 is 0. The lowest BCUT2D eigenvalue weighted by Crippen LogP contribution is -2.42. The Morgan fingerprint density at radius 3 is 2.68 bits per heavy atom. The van der Waals surface area contributed by atoms with E-state index in [0.717, 1.165) is 56.4 Å². The first-order chi connectivity index (χ1) is 18.5. The van der Waals surface area contributed by atoms with Crippen LogP contribution in [0.3, 0.4) is 0 Å². The van der Waals surface area contributed by atoms with Crippen molar-refractivity contribution >= 4 is 28.6 Å². The largest absolute Gasteiger partial charge is 0.356 e. The average molecular weight is 521 g/mol. The van der Waals surface area contributed by atoms with Gasteiger partial charge in [-0.25, -0.2) is 4.39 Å². The second kappa shape index (κ2) is 11.9. The highest BCUT2D eigenvalue weighted by Crippen LogP contribution is 2.35. The first-order valence-corrected chi connectivity index (χ1v) is 13.4. The Kier molecular flexibility index (Phi) is 8.12. The smallest absolute Gasteiger partial charge is 0.276 e. The zero-order valence-electron chi connectivity index (χ0n) is 21.4. The third kappa shape index (κ3) is 6.10. The first-order valence-electron chi connectivity index (χ1n) is 13.4. The molecule has 2 aromatic carbocycles. The van der Waals surface area contributed by atoms with E-state index in [4.69, 9.17) is 4.52 Å². The summed E-state index contributed by atoms with van der Waals surface area (Å²) in [4.78, 5) is 25.8. The van der Waals surface area contributed by atoms with Crippen molar-refractivity contribution in [2.75, 3.05) is 26.2 Å². The minimum atomic E-state index is -0.442. The van der Waals surface area contributed by atoms with Crippen molar-refractivity contribution in [1.29, 1.82) is 0 Å². The fraction of sp³-hybridized carbons (Fsp3) is 0.448. The SMILES string of the molecule is O=C(/C=C/c1ccccc1[N+](=O)[O-])NC[C@@H]1CCCC[C@H]1CN1CCC(c2noc3cc(F)ccc23)CC1. The summed E-state index contributed by atoms with van der Waals surface area (Å²) in [7, 11) is 0. The Morgan fingerprint density at radius 2 is 1.89 bits per heavy atom. The molecule has 2 aliphatic rings. The molecule has 8 nitrogen and oxygen atoms in total. The maximum Gasteiger partial charge on any atom is 0.276 e. The van der Waals surface area contributed by atoms with Gasteiger partial charge in [-0.05, 0) is 74.9 Å². The zero-order chi connectivity index (χ0) is 26.5. The quantitative estimate of drug-likeness (QED) is 0.233. The first kappa shape index (κ1) is 26.0. The molecular weight excluding hydrogens is 487 g/mol. The van der Waals surface area contributed by atoms with Crippen LogP contribution in [0.5, 0.6) is 0 Å². The molecule has 1 aromatic heterocycles. The molecule has 1 amide bonds. The van der Waals surface area contributed by atoms with Crippen LogP contribution in [0, 0.1) is 27.8 Å². The number of likely N-dealkylation sites (tertiary alicyclic amines) is 1. The summed E-state index contributed by atoms with van der Waals surface area (Å²) in [5.74, 6) is 0.707. The molecule has 5 rings (SSSR count). The molecule has 1 N–H and O–H groups in total. The van der Waals surface area contributed by atoms with Gasteiger partial charge in [0.2, 0.25) is 5.91 Å². The second-order valence-electron chi connectivity index (χ2n) is 10.5. The summed E-state index contributed by atoms with van der Waals surface area (Å²) < 4.78 is 18.9. The summed E-state index contributed by atoms with van der Waals surface area (Å²) in [6.45, 7) is 3.59. The standard InChI is InChI=1S/C29H33FN4O4/c30-24-10-11-25-27(17-24)38-32-29(25)21-13-15-33(16-14-21)19-23-7-2-1-6-22(23)18-31-28(35)12-9-20-5-3-4-8-26(20)34(36)37/h3-5,8-12,17,21-23H,1-2,6-7,13-16,18-19H2,(H,31,35)/b12-9+/t22-,23-/m0/s1. The third-order valence-electron chi connectivity index (χ3n) is 8.08. The van der Waals surface area contributed by atoms with Crippen molar-refractivity contribution in [3.8, 4) is 0 Å². The van der Waals surface area contributed by atoms with Gasteiger partial charge in [0, 0.05) is 42.6 Å². The lowest BCUT2D eigenvalue weighted by Gasteiger charge is -2.38. The van der Waals surface area contributed by atoms with Crippen molar-refractivity contribution in [1.82, 2.24) is 15.4 Å². The number of nitro benzene ring substituents is 1. The van der Waals surface area contributed by atoms with E-state index in [2.05, 4.69) is 15.4 Å². The summed E-state index contributed by atoms with van der Waals surface area (Å²) in [6, 6.07) is 11.0. The molecular formula is C29H33FN4O4. The number of benzene rings is 2. The van der Waals surface area contributed by atoms with E-state index < -0.39 is 4.92 Å². The number of piperidine rings is 1. The monoisotopic (exact) mass is 520 g/mol. The highest BCUT2D eigenvalue weighted by atomic mass is 19.1. The van der Waals surface area contributed by atoms with Crippen molar-refractivity contribution in [2.45, 2.75) is 44.4 Å². The number of nitro groups is 1. The van der Waals surface area contributed by atoms with Crippen molar-refractivity contribution in [2.24, 2.45) is 11.8 Å². The third-order valence-corrected chi connectivity index (χ3v) is 8.08. The number of carbonyl (C=O) groups excluding carboxylic acids is 1. The van der Waals surface area contributed by atoms with E-state index in [9.17, 15) is 19.3 Å². The number of nitrogens with one attached hydrogen (secondary N) is 1. The van der Waals surface area contributed by atoms with E-state index in [0.29, 0.717) is 35.4 Å². The van der Waals surface area contributed by atoms with Gasteiger partial charge in [0.05, 0.1) is 16.2 Å². The summed E-state index contributed by atoms with van der Waals surface area (Å²) in [5, 5.41) is 19.4. The molecule has 0 radical (unpaired) electrons. The average Bonchev–Trinajstić information content (AvgIpc) is 3.35. The molecule has 1 aliphatic heterocycles. The number of aromatic nitrogens is 1. The van der Waals surface area contributed by atoms with Gasteiger partial charge in [-0.15, -0.1) is 0 Å². The number of nitrogens with zero attached hydrogens (tertiary/aromatic N) is 3. The van der Waals surface area contributed by atoms with Crippen LogP contribution in [-0.2, 0) is 4.79 Å². The fourth-order valence-electron chi connectivity index (χ4n) is 5.99. The van der Waals surface area contributed by atoms with Crippen molar-refractivity contribution in [3.63, 3.8) is 0 Å². The molecule has 1 saturated heterocycles. The van der Waals surface area contributed by atoms with E-state index in [1.54, 1.807) is 24.3 Å². The molecule has 3 aromatic rings. The maximum atomic E-state index is 13.5. The number of hydrogen-bond acceptors (Lipinski definition) is 6. The van der Waals surface area contributed by atoms with Gasteiger partial charge < -0.3 is 14.7 Å². The van der Waals surface area contributed by atoms with Crippen LogP contribution >= 0.6 is 0 Å². The van der Waals surface area contributed by atoms with E-state index in [-0.39, 0.29) is 17.4 Å². The zero-order valence-corrected chi connectivity index (χ0v) is 21.4. The molecule has 0 bridgehead atoms. The number of carbonyl (C=O) groups is 1. The summed E-state index contributed by atoms with van der Waals surface area (Å²) in [6.07, 6.45) is 9.50. The number of fused-ring (bicyclic) bond motifs is 1. The van der Waals surface area contributed by atoms with Gasteiger partial charge in [-0.2, -0.15) is 0 Å². The number of hydrogen-bond donors (Lipinski definition) is 1. The number of halogens is 1. The highest BCUT2D eigenvalue weighted by Gasteiger charge is 2.30. The normalized spacial score (nSPS) is 21.2. The Bertz CT molecular complexity index is 1310. The minimum absolute atomic E-state index is 0.0155. The van der Waals surface area contributed by atoms with Crippen LogP contribution in [0.15, 0.2) is 53.1 Å². The maximum absolute atomic E-state index is 13.5. The second-order valence-corrected chi connectivity index (χ2v) is 10.5. The minimum Gasteiger partial charge on any atom is -0.356 e. The van der Waals surface area contributed by atoms with Gasteiger partial charge in [0.15, 0.2) is 5.58 Å². The van der Waals surface area contributed by atoms with Gasteiger partial charge in [0.25, 0.3) is 5.69 Å². The molecule has 2 atom stereocenters. The van der Waals surface area contributed by atoms with Crippen LogP contribution in [0.1, 0.15) is 55.7 Å². The van der Waals surface area contributed by atoms with Crippen LogP contribution in [0.4, 0.5) is 10.1 Å². The molecule has 0 spiro atoms. The van der Waals surface area contributed by atoms with Crippen LogP contribution < -0.4 is 5.32 Å². The van der Waals surface area contributed by atoms with E-state index >= 15 is 0 Å². The molecule has 1 aliphatic carbocycles. The van der Waals surface area contributed by atoms with Crippen molar-refractivity contribution in [3.05, 3.63) is 75.7 Å². The number of para-hydroxylation sites is 1. The molecule has 2 heterocycles. The molecule has 9 heteroatoms. The molecule has 38 heavy (non-hydrogen) atoms. The van der Waals surface area contributed by atoms with E-state index in [1.807, 2.05) is 0 Å². The Morgan fingerprint density at radius 1 is 1.13 bits per heavy atom. The van der Waals surface area contributed by atoms with Gasteiger partial charge >= 0.3 is 0 Å². The van der Waals surface area contributed by atoms with Gasteiger partial charge in [-0.3, -0.25) is 14.9 Å². The van der Waals surface area contributed by atoms with E-state index in [1.165, 1.54) is 43.2 Å².